The summed E-state index contributed by atoms with van der Waals surface area (Å²) in [5, 5.41) is 0. The van der Waals surface area contributed by atoms with Gasteiger partial charge in [0.1, 0.15) is 0 Å². The normalized spacial score (nSPS) is 19.4. The third-order valence-corrected chi connectivity index (χ3v) is 5.40. The van der Waals surface area contributed by atoms with E-state index in [9.17, 15) is 0 Å². The maximum atomic E-state index is 2.47. The van der Waals surface area contributed by atoms with Crippen molar-refractivity contribution < 1.29 is 0 Å². The second kappa shape index (κ2) is 8.16. The Kier molecular flexibility index (Phi) is 8.16. The van der Waals surface area contributed by atoms with Crippen molar-refractivity contribution in [2.24, 2.45) is 35.5 Å². The first-order valence-electron chi connectivity index (χ1n) is 7.84. The summed E-state index contributed by atoms with van der Waals surface area (Å²) >= 11 is 0. The molecule has 0 heteroatoms. The Bertz CT molecular complexity index is 178. The average Bonchev–Trinajstić information content (AvgIpc) is 2.28. The first-order valence-corrected chi connectivity index (χ1v) is 7.84. The van der Waals surface area contributed by atoms with Crippen LogP contribution in [0.3, 0.4) is 0 Å². The van der Waals surface area contributed by atoms with Gasteiger partial charge in [-0.1, -0.05) is 68.2 Å². The van der Waals surface area contributed by atoms with Crippen LogP contribution in [0.2, 0.25) is 0 Å². The monoisotopic (exact) mass is 240 g/mol. The van der Waals surface area contributed by atoms with Crippen molar-refractivity contribution in [2.45, 2.75) is 74.7 Å². The summed E-state index contributed by atoms with van der Waals surface area (Å²) in [4.78, 5) is 0. The highest BCUT2D eigenvalue weighted by Gasteiger charge is 2.25. The van der Waals surface area contributed by atoms with E-state index in [1.54, 1.807) is 0 Å². The second-order valence-electron chi connectivity index (χ2n) is 6.73. The van der Waals surface area contributed by atoms with Gasteiger partial charge in [-0.05, 0) is 41.9 Å². The van der Waals surface area contributed by atoms with Crippen molar-refractivity contribution in [3.63, 3.8) is 0 Å². The third-order valence-electron chi connectivity index (χ3n) is 5.40. The molecule has 0 aromatic heterocycles. The molecule has 17 heavy (non-hydrogen) atoms. The van der Waals surface area contributed by atoms with Crippen LogP contribution < -0.4 is 0 Å². The molecule has 0 aromatic carbocycles. The Morgan fingerprint density at radius 2 is 1.12 bits per heavy atom. The standard InChI is InChI=1S/C17H36/c1-9-17(10-2)16(8)15(7)14(6)11-13(5)12(3)4/h12-17H,9-11H2,1-8H3. The van der Waals surface area contributed by atoms with Crippen LogP contribution in [0.5, 0.6) is 0 Å². The maximum Gasteiger partial charge on any atom is -0.0386 e. The molecule has 0 fully saturated rings. The van der Waals surface area contributed by atoms with E-state index >= 15 is 0 Å². The summed E-state index contributed by atoms with van der Waals surface area (Å²) in [6, 6.07) is 0. The molecule has 0 saturated carbocycles. The Labute approximate surface area is 111 Å². The molecule has 0 bridgehead atoms. The highest BCUT2D eigenvalue weighted by Crippen LogP contribution is 2.34. The van der Waals surface area contributed by atoms with E-state index in [1.807, 2.05) is 0 Å². The molecule has 4 unspecified atom stereocenters. The first-order chi connectivity index (χ1) is 7.84. The van der Waals surface area contributed by atoms with Gasteiger partial charge >= 0.3 is 0 Å². The van der Waals surface area contributed by atoms with Crippen LogP contribution >= 0.6 is 0 Å². The zero-order chi connectivity index (χ0) is 13.6. The van der Waals surface area contributed by atoms with Crippen molar-refractivity contribution >= 4 is 0 Å². The molecule has 0 heterocycles. The summed E-state index contributed by atoms with van der Waals surface area (Å²) in [6.45, 7) is 19.2. The fourth-order valence-corrected chi connectivity index (χ4v) is 3.05. The van der Waals surface area contributed by atoms with Gasteiger partial charge in [-0.2, -0.15) is 0 Å². The molecule has 4 atom stereocenters. The van der Waals surface area contributed by atoms with Crippen molar-refractivity contribution in [3.05, 3.63) is 0 Å². The fraction of sp³-hybridized carbons (Fsp3) is 1.00. The van der Waals surface area contributed by atoms with Gasteiger partial charge in [0, 0.05) is 0 Å². The summed E-state index contributed by atoms with van der Waals surface area (Å²) in [5.74, 6) is 5.21. The van der Waals surface area contributed by atoms with Gasteiger partial charge < -0.3 is 0 Å². The minimum atomic E-state index is 0.827. The number of rotatable bonds is 8. The molecule has 0 aromatic rings. The van der Waals surface area contributed by atoms with Crippen LogP contribution in [0.25, 0.3) is 0 Å². The topological polar surface area (TPSA) is 0 Å². The fourth-order valence-electron chi connectivity index (χ4n) is 3.05. The molecular formula is C17H36. The lowest BCUT2D eigenvalue weighted by Crippen LogP contribution is -2.25. The van der Waals surface area contributed by atoms with Crippen LogP contribution in [-0.4, -0.2) is 0 Å². The Balaban J connectivity index is 4.32. The molecule has 0 nitrogen and oxygen atoms in total. The second-order valence-corrected chi connectivity index (χ2v) is 6.73. The lowest BCUT2D eigenvalue weighted by molar-refractivity contribution is 0.165. The van der Waals surface area contributed by atoms with E-state index in [0.29, 0.717) is 0 Å². The van der Waals surface area contributed by atoms with Gasteiger partial charge in [0.15, 0.2) is 0 Å². The Hall–Kier alpha value is 0. The zero-order valence-corrected chi connectivity index (χ0v) is 13.6. The van der Waals surface area contributed by atoms with E-state index in [1.165, 1.54) is 19.3 Å². The average molecular weight is 240 g/mol. The SMILES string of the molecule is CCC(CC)C(C)C(C)C(C)CC(C)C(C)C. The van der Waals surface area contributed by atoms with Gasteiger partial charge in [0.25, 0.3) is 0 Å². The molecule has 0 N–H and O–H groups in total. The van der Waals surface area contributed by atoms with Crippen molar-refractivity contribution in [3.8, 4) is 0 Å². The summed E-state index contributed by atoms with van der Waals surface area (Å²) in [7, 11) is 0. The van der Waals surface area contributed by atoms with Crippen LogP contribution in [-0.2, 0) is 0 Å². The third kappa shape index (κ3) is 5.44. The molecule has 0 aliphatic heterocycles. The molecule has 0 aliphatic rings. The van der Waals surface area contributed by atoms with Gasteiger partial charge in [0.05, 0.1) is 0 Å². The van der Waals surface area contributed by atoms with E-state index in [4.69, 9.17) is 0 Å². The van der Waals surface area contributed by atoms with Crippen molar-refractivity contribution in [1.29, 1.82) is 0 Å². The van der Waals surface area contributed by atoms with Crippen molar-refractivity contribution in [1.82, 2.24) is 0 Å². The van der Waals surface area contributed by atoms with Crippen LogP contribution in [0.15, 0.2) is 0 Å². The summed E-state index contributed by atoms with van der Waals surface area (Å²) < 4.78 is 0. The summed E-state index contributed by atoms with van der Waals surface area (Å²) in [5.41, 5.74) is 0. The lowest BCUT2D eigenvalue weighted by atomic mass is 9.72. The van der Waals surface area contributed by atoms with Crippen LogP contribution in [0, 0.1) is 35.5 Å². The number of hydrogen-bond acceptors (Lipinski definition) is 0. The van der Waals surface area contributed by atoms with Crippen molar-refractivity contribution in [2.75, 3.05) is 0 Å². The van der Waals surface area contributed by atoms with Gasteiger partial charge in [-0.25, -0.2) is 0 Å². The molecule has 104 valence electrons. The highest BCUT2D eigenvalue weighted by atomic mass is 14.3. The smallest absolute Gasteiger partial charge is 0.0386 e. The quantitative estimate of drug-likeness (QED) is 0.487. The molecule has 0 amide bonds. The Morgan fingerprint density at radius 3 is 1.47 bits per heavy atom. The van der Waals surface area contributed by atoms with Gasteiger partial charge in [-0.3, -0.25) is 0 Å². The molecule has 0 saturated heterocycles. The minimum Gasteiger partial charge on any atom is -0.0651 e. The Morgan fingerprint density at radius 1 is 0.647 bits per heavy atom. The minimum absolute atomic E-state index is 0.827. The number of hydrogen-bond donors (Lipinski definition) is 0. The van der Waals surface area contributed by atoms with Crippen LogP contribution in [0.4, 0.5) is 0 Å². The largest absolute Gasteiger partial charge is 0.0651 e. The summed E-state index contributed by atoms with van der Waals surface area (Å²) in [6.07, 6.45) is 4.08. The van der Waals surface area contributed by atoms with Gasteiger partial charge in [-0.15, -0.1) is 0 Å². The van der Waals surface area contributed by atoms with E-state index in [0.717, 1.165) is 35.5 Å². The highest BCUT2D eigenvalue weighted by molar-refractivity contribution is 4.75. The molecule has 0 radical (unpaired) electrons. The zero-order valence-electron chi connectivity index (χ0n) is 13.6. The lowest BCUT2D eigenvalue weighted by Gasteiger charge is -2.33. The van der Waals surface area contributed by atoms with E-state index in [-0.39, 0.29) is 0 Å². The van der Waals surface area contributed by atoms with Gasteiger partial charge in [0.2, 0.25) is 0 Å². The molecular weight excluding hydrogens is 204 g/mol. The van der Waals surface area contributed by atoms with Crippen LogP contribution in [0.1, 0.15) is 74.7 Å². The predicted molar refractivity (Wildman–Crippen MR) is 80.2 cm³/mol. The predicted octanol–water partition coefficient (Wildman–Crippen LogP) is 6.01. The maximum absolute atomic E-state index is 2.47. The molecule has 0 rings (SSSR count). The first kappa shape index (κ1) is 17.0. The molecule has 0 aliphatic carbocycles. The van der Waals surface area contributed by atoms with E-state index < -0.39 is 0 Å². The van der Waals surface area contributed by atoms with E-state index in [2.05, 4.69) is 55.4 Å². The molecule has 0 spiro atoms.